The van der Waals surface area contributed by atoms with Crippen molar-refractivity contribution in [3.05, 3.63) is 107 Å². The van der Waals surface area contributed by atoms with Gasteiger partial charge in [0.1, 0.15) is 0 Å². The summed E-state index contributed by atoms with van der Waals surface area (Å²) >= 11 is 0. The lowest BCUT2D eigenvalue weighted by Gasteiger charge is -2.17. The van der Waals surface area contributed by atoms with Crippen molar-refractivity contribution in [2.24, 2.45) is 7.05 Å². The molecule has 0 radical (unpaired) electrons. The van der Waals surface area contributed by atoms with Gasteiger partial charge in [-0.15, -0.1) is 0 Å². The molecule has 6 aromatic rings. The van der Waals surface area contributed by atoms with Gasteiger partial charge in [0.05, 0.1) is 34.0 Å². The normalized spacial score (nSPS) is 13.0. The Morgan fingerprint density at radius 3 is 2.49 bits per heavy atom. The Morgan fingerprint density at radius 2 is 1.73 bits per heavy atom. The maximum absolute atomic E-state index is 13.7. The number of aryl methyl sites for hydroxylation is 4. The Morgan fingerprint density at radius 1 is 0.956 bits per heavy atom. The summed E-state index contributed by atoms with van der Waals surface area (Å²) < 4.78 is 30.9. The lowest BCUT2D eigenvalue weighted by atomic mass is 10.1. The van der Waals surface area contributed by atoms with Crippen LogP contribution in [0.25, 0.3) is 22.2 Å². The molecule has 11 nitrogen and oxygen atoms in total. The van der Waals surface area contributed by atoms with Crippen molar-refractivity contribution in [1.82, 2.24) is 24.7 Å². The summed E-state index contributed by atoms with van der Waals surface area (Å²) in [6, 6.07) is 19.4. The molecule has 0 spiro atoms. The van der Waals surface area contributed by atoms with Gasteiger partial charge in [-0.1, -0.05) is 35.9 Å². The summed E-state index contributed by atoms with van der Waals surface area (Å²) in [5, 5.41) is 8.51. The predicted octanol–water partition coefficient (Wildman–Crippen LogP) is 5.99. The topological polar surface area (TPSA) is 138 Å². The highest BCUT2D eigenvalue weighted by Crippen LogP contribution is 2.39. The third-order valence-electron chi connectivity index (χ3n) is 8.11. The van der Waals surface area contributed by atoms with Crippen LogP contribution in [-0.4, -0.2) is 39.1 Å². The van der Waals surface area contributed by atoms with Crippen LogP contribution in [-0.2, 0) is 23.6 Å². The molecule has 226 valence electrons. The first kappa shape index (κ1) is 28.3. The smallest absolute Gasteiger partial charge is 0.261 e. The maximum Gasteiger partial charge on any atom is 0.261 e. The number of para-hydroxylation sites is 1. The predicted molar refractivity (Wildman–Crippen MR) is 174 cm³/mol. The summed E-state index contributed by atoms with van der Waals surface area (Å²) in [5.41, 5.74) is 7.36. The van der Waals surface area contributed by atoms with E-state index in [2.05, 4.69) is 25.1 Å². The molecule has 0 unspecified atom stereocenters. The Hall–Kier alpha value is -5.49. The van der Waals surface area contributed by atoms with Gasteiger partial charge in [0, 0.05) is 53.3 Å². The van der Waals surface area contributed by atoms with Crippen LogP contribution in [0.5, 0.6) is 0 Å². The van der Waals surface area contributed by atoms with Crippen LogP contribution in [0.1, 0.15) is 32.7 Å². The van der Waals surface area contributed by atoms with Crippen molar-refractivity contribution in [1.29, 1.82) is 0 Å². The highest BCUT2D eigenvalue weighted by molar-refractivity contribution is 7.92. The van der Waals surface area contributed by atoms with Crippen LogP contribution in [0, 0.1) is 20.8 Å². The summed E-state index contributed by atoms with van der Waals surface area (Å²) in [5.74, 6) is 0.865. The first-order valence-electron chi connectivity index (χ1n) is 14.3. The number of nitrogens with zero attached hydrogens (tertiary/aromatic N) is 5. The second-order valence-electron chi connectivity index (χ2n) is 11.2. The Balaban J connectivity index is 1.21. The van der Waals surface area contributed by atoms with E-state index < -0.39 is 10.0 Å². The number of carbonyl (C=O) groups excluding carboxylic acids is 1. The molecule has 0 aliphatic carbocycles. The zero-order valence-electron chi connectivity index (χ0n) is 25.1. The van der Waals surface area contributed by atoms with Crippen molar-refractivity contribution in [3.63, 3.8) is 0 Å². The average Bonchev–Trinajstić information content (AvgIpc) is 3.69. The molecule has 0 bridgehead atoms. The number of sulfonamides is 1. The highest BCUT2D eigenvalue weighted by atomic mass is 32.2. The number of fused-ring (bicyclic) bond motifs is 2. The van der Waals surface area contributed by atoms with E-state index in [9.17, 15) is 13.2 Å². The third-order valence-corrected chi connectivity index (χ3v) is 9.49. The Labute approximate surface area is 260 Å². The van der Waals surface area contributed by atoms with Gasteiger partial charge in [0.15, 0.2) is 5.82 Å². The fourth-order valence-electron chi connectivity index (χ4n) is 5.61. The highest BCUT2D eigenvalue weighted by Gasteiger charge is 2.33. The quantitative estimate of drug-likeness (QED) is 0.200. The summed E-state index contributed by atoms with van der Waals surface area (Å²) in [4.78, 5) is 28.2. The summed E-state index contributed by atoms with van der Waals surface area (Å²) in [7, 11) is -1.98. The van der Waals surface area contributed by atoms with Crippen LogP contribution in [0.2, 0.25) is 0 Å². The number of hydrogen-bond donors (Lipinski definition) is 3. The molecule has 1 aliphatic rings. The number of aromatic nitrogens is 5. The van der Waals surface area contributed by atoms with Gasteiger partial charge >= 0.3 is 0 Å². The molecular weight excluding hydrogens is 588 g/mol. The lowest BCUT2D eigenvalue weighted by molar-refractivity contribution is 0.0997. The van der Waals surface area contributed by atoms with Crippen LogP contribution < -0.4 is 14.9 Å². The number of amides is 1. The van der Waals surface area contributed by atoms with E-state index in [1.54, 1.807) is 58.2 Å². The minimum Gasteiger partial charge on any atom is -0.359 e. The van der Waals surface area contributed by atoms with Gasteiger partial charge in [-0.3, -0.25) is 14.2 Å². The van der Waals surface area contributed by atoms with Gasteiger partial charge in [-0.2, -0.15) is 5.10 Å². The zero-order chi connectivity index (χ0) is 31.5. The number of nitrogens with one attached hydrogen (secondary N) is 3. The number of rotatable bonds is 7. The molecule has 0 saturated carbocycles. The molecule has 3 N–H and O–H groups in total. The number of hydrogen-bond acceptors (Lipinski definition) is 7. The molecule has 4 heterocycles. The van der Waals surface area contributed by atoms with Crippen LogP contribution >= 0.6 is 0 Å². The molecule has 1 amide bonds. The van der Waals surface area contributed by atoms with E-state index in [1.807, 2.05) is 58.3 Å². The van der Waals surface area contributed by atoms with Gasteiger partial charge in [0.25, 0.3) is 15.9 Å². The standard InChI is InChI=1S/C33H30N8O3S/c1-19-11-13-22(14-12-19)45(43,44)39-27-9-5-8-24-26(27)18-41(32(24)42)28-10-6-7-23-25(17-34-31(23)28)30-20(2)16-35-33(37-30)36-29-15-21(3)40(4)38-29/h5-17,34,39H,18H2,1-4H3,(H,35,36,37,38). The molecule has 3 aromatic heterocycles. The third kappa shape index (κ3) is 4.98. The molecule has 12 heteroatoms. The van der Waals surface area contributed by atoms with Crippen molar-refractivity contribution < 1.29 is 13.2 Å². The zero-order valence-corrected chi connectivity index (χ0v) is 25.9. The second kappa shape index (κ2) is 10.6. The van der Waals surface area contributed by atoms with Crippen molar-refractivity contribution in [2.45, 2.75) is 32.2 Å². The van der Waals surface area contributed by atoms with Crippen LogP contribution in [0.4, 0.5) is 23.1 Å². The van der Waals surface area contributed by atoms with E-state index in [0.717, 1.165) is 39.0 Å². The number of aromatic amines is 1. The molecule has 1 aliphatic heterocycles. The Kier molecular flexibility index (Phi) is 6.66. The number of anilines is 4. The molecule has 3 aromatic carbocycles. The van der Waals surface area contributed by atoms with Crippen molar-refractivity contribution in [2.75, 3.05) is 14.9 Å². The lowest BCUT2D eigenvalue weighted by Crippen LogP contribution is -2.23. The number of benzene rings is 3. The number of carbonyl (C=O) groups is 1. The summed E-state index contributed by atoms with van der Waals surface area (Å²) in [6.07, 6.45) is 3.65. The van der Waals surface area contributed by atoms with Gasteiger partial charge in [-0.25, -0.2) is 18.4 Å². The van der Waals surface area contributed by atoms with Gasteiger partial charge in [0.2, 0.25) is 5.95 Å². The molecule has 7 rings (SSSR count). The van der Waals surface area contributed by atoms with E-state index in [-0.39, 0.29) is 17.3 Å². The minimum absolute atomic E-state index is 0.157. The van der Waals surface area contributed by atoms with E-state index in [0.29, 0.717) is 34.3 Å². The van der Waals surface area contributed by atoms with Crippen LogP contribution in [0.15, 0.2) is 84.0 Å². The van der Waals surface area contributed by atoms with E-state index in [4.69, 9.17) is 4.98 Å². The minimum atomic E-state index is -3.85. The largest absolute Gasteiger partial charge is 0.359 e. The maximum atomic E-state index is 13.7. The van der Waals surface area contributed by atoms with Crippen molar-refractivity contribution >= 4 is 50.0 Å². The second-order valence-corrected chi connectivity index (χ2v) is 12.9. The van der Waals surface area contributed by atoms with E-state index >= 15 is 0 Å². The summed E-state index contributed by atoms with van der Waals surface area (Å²) in [6.45, 7) is 6.03. The fraction of sp³-hybridized carbons (Fsp3) is 0.152. The Bertz CT molecular complexity index is 2220. The fourth-order valence-corrected chi connectivity index (χ4v) is 6.71. The van der Waals surface area contributed by atoms with Gasteiger partial charge < -0.3 is 15.2 Å². The monoisotopic (exact) mass is 618 g/mol. The average molecular weight is 619 g/mol. The molecular formula is C33H30N8O3S. The molecule has 0 atom stereocenters. The van der Waals surface area contributed by atoms with Crippen molar-refractivity contribution in [3.8, 4) is 11.3 Å². The van der Waals surface area contributed by atoms with E-state index in [1.165, 1.54) is 0 Å². The SMILES string of the molecule is Cc1ccc(S(=O)(=O)Nc2cccc3c2CN(c2cccc4c(-c5nc(Nc6cc(C)n(C)n6)ncc5C)c[nH]c24)C3=O)cc1. The van der Waals surface area contributed by atoms with Crippen LogP contribution in [0.3, 0.4) is 0 Å². The molecule has 0 fully saturated rings. The molecule has 0 saturated heterocycles. The number of H-pyrrole nitrogens is 1. The van der Waals surface area contributed by atoms with Gasteiger partial charge in [-0.05, 0) is 56.7 Å². The first-order chi connectivity index (χ1) is 21.6. The first-order valence-corrected chi connectivity index (χ1v) is 15.8. The molecule has 45 heavy (non-hydrogen) atoms.